The van der Waals surface area contributed by atoms with Gasteiger partial charge >= 0.3 is 5.97 Å². The van der Waals surface area contributed by atoms with Gasteiger partial charge in [0.15, 0.2) is 0 Å². The van der Waals surface area contributed by atoms with Crippen molar-refractivity contribution in [2.75, 3.05) is 33.9 Å². The van der Waals surface area contributed by atoms with E-state index in [9.17, 15) is 9.90 Å². The van der Waals surface area contributed by atoms with Gasteiger partial charge in [0.1, 0.15) is 6.23 Å². The molecular weight excluding hydrogens is 344 g/mol. The Morgan fingerprint density at radius 2 is 1.89 bits per heavy atom. The van der Waals surface area contributed by atoms with E-state index in [2.05, 4.69) is 17.6 Å². The molecule has 0 aromatic carbocycles. The molecule has 3 N–H and O–H groups in total. The van der Waals surface area contributed by atoms with Crippen molar-refractivity contribution in [3.05, 3.63) is 11.8 Å². The van der Waals surface area contributed by atoms with Gasteiger partial charge in [-0.25, -0.2) is 0 Å². The van der Waals surface area contributed by atoms with Gasteiger partial charge in [0.05, 0.1) is 19.1 Å². The molecule has 3 atom stereocenters. The Kier molecular flexibility index (Phi) is 11.9. The number of ether oxygens (including phenoxy) is 2. The zero-order valence-corrected chi connectivity index (χ0v) is 18.6. The number of carbonyl (C=O) groups excluding carboxylic acids is 1. The highest BCUT2D eigenvalue weighted by atomic mass is 16.5. The second-order valence-corrected chi connectivity index (χ2v) is 8.62. The smallest absolute Gasteiger partial charge is 0.312 e. The van der Waals surface area contributed by atoms with E-state index in [1.807, 2.05) is 47.9 Å². The summed E-state index contributed by atoms with van der Waals surface area (Å²) in [5, 5.41) is 16.5. The summed E-state index contributed by atoms with van der Waals surface area (Å²) in [5.41, 5.74) is 0.296. The first-order valence-corrected chi connectivity index (χ1v) is 9.95. The van der Waals surface area contributed by atoms with E-state index in [0.29, 0.717) is 32.1 Å². The molecular formula is C21H42N2O4. The predicted molar refractivity (Wildman–Crippen MR) is 110 cm³/mol. The Morgan fingerprint density at radius 1 is 1.26 bits per heavy atom. The van der Waals surface area contributed by atoms with Crippen LogP contribution >= 0.6 is 0 Å². The Balaban J connectivity index is 4.89. The average Bonchev–Trinajstić information content (AvgIpc) is 2.61. The Morgan fingerprint density at radius 3 is 2.37 bits per heavy atom. The molecule has 0 aromatic rings. The normalized spacial score (nSPS) is 17.1. The molecule has 6 heteroatoms. The number of aliphatic hydroxyl groups is 1. The van der Waals surface area contributed by atoms with E-state index in [4.69, 9.17) is 9.47 Å². The number of methoxy groups -OCH3 is 1. The fourth-order valence-corrected chi connectivity index (χ4v) is 2.87. The maximum Gasteiger partial charge on any atom is 0.312 e. The lowest BCUT2D eigenvalue weighted by atomic mass is 9.82. The van der Waals surface area contributed by atoms with Crippen LogP contribution in [0.3, 0.4) is 0 Å². The van der Waals surface area contributed by atoms with Gasteiger partial charge in [0.2, 0.25) is 0 Å². The molecule has 6 nitrogen and oxygen atoms in total. The molecule has 0 aromatic heterocycles. The lowest BCUT2D eigenvalue weighted by molar-refractivity contribution is -0.152. The van der Waals surface area contributed by atoms with Crippen LogP contribution in [-0.2, 0) is 14.3 Å². The highest BCUT2D eigenvalue weighted by molar-refractivity contribution is 5.76. The second kappa shape index (κ2) is 12.4. The third-order valence-electron chi connectivity index (χ3n) is 4.91. The van der Waals surface area contributed by atoms with Gasteiger partial charge in [-0.15, -0.1) is 0 Å². The molecule has 0 spiro atoms. The Hall–Kier alpha value is -1.11. The third kappa shape index (κ3) is 9.58. The molecule has 0 saturated heterocycles. The van der Waals surface area contributed by atoms with Crippen molar-refractivity contribution in [1.82, 2.24) is 10.6 Å². The van der Waals surface area contributed by atoms with Gasteiger partial charge in [-0.05, 0) is 44.9 Å². The minimum Gasteiger partial charge on any atom is -0.469 e. The zero-order valence-electron chi connectivity index (χ0n) is 18.6. The van der Waals surface area contributed by atoms with Crippen LogP contribution in [0.1, 0.15) is 60.8 Å². The van der Waals surface area contributed by atoms with E-state index in [1.54, 1.807) is 0 Å². The van der Waals surface area contributed by atoms with Crippen molar-refractivity contribution in [2.24, 2.45) is 16.7 Å². The fraction of sp³-hybridized carbons (Fsp3) is 0.857. The number of hydrogen-bond acceptors (Lipinski definition) is 6. The summed E-state index contributed by atoms with van der Waals surface area (Å²) in [5.74, 6) is 0.0697. The van der Waals surface area contributed by atoms with Crippen molar-refractivity contribution in [1.29, 1.82) is 0 Å². The van der Waals surface area contributed by atoms with Crippen LogP contribution in [0, 0.1) is 16.7 Å². The van der Waals surface area contributed by atoms with Gasteiger partial charge in [0, 0.05) is 31.5 Å². The molecule has 0 amide bonds. The van der Waals surface area contributed by atoms with Gasteiger partial charge in [-0.2, -0.15) is 0 Å². The summed E-state index contributed by atoms with van der Waals surface area (Å²) < 4.78 is 10.6. The molecule has 0 aliphatic rings. The molecule has 1 unspecified atom stereocenters. The quantitative estimate of drug-likeness (QED) is 0.333. The predicted octanol–water partition coefficient (Wildman–Crippen LogP) is 3.07. The summed E-state index contributed by atoms with van der Waals surface area (Å²) in [6, 6.07) is 0. The third-order valence-corrected chi connectivity index (χ3v) is 4.91. The van der Waals surface area contributed by atoms with Crippen LogP contribution in [0.4, 0.5) is 0 Å². The second-order valence-electron chi connectivity index (χ2n) is 8.62. The molecule has 0 radical (unpaired) electrons. The highest BCUT2D eigenvalue weighted by Gasteiger charge is 2.35. The molecule has 0 aliphatic carbocycles. The fourth-order valence-electron chi connectivity index (χ4n) is 2.87. The van der Waals surface area contributed by atoms with Crippen molar-refractivity contribution in [2.45, 2.75) is 67.0 Å². The number of nitrogens with one attached hydrogen (secondary N) is 2. The summed E-state index contributed by atoms with van der Waals surface area (Å²) >= 11 is 0. The maximum absolute atomic E-state index is 12.4. The summed E-state index contributed by atoms with van der Waals surface area (Å²) in [7, 11) is 3.31. The van der Waals surface area contributed by atoms with Crippen molar-refractivity contribution in [3.63, 3.8) is 0 Å². The molecule has 0 bridgehead atoms. The number of hydrogen-bond donors (Lipinski definition) is 3. The molecule has 0 heterocycles. The topological polar surface area (TPSA) is 79.8 Å². The minimum atomic E-state index is -0.688. The first kappa shape index (κ1) is 25.9. The summed E-state index contributed by atoms with van der Waals surface area (Å²) in [6.07, 6.45) is 3.74. The largest absolute Gasteiger partial charge is 0.469 e. The van der Waals surface area contributed by atoms with Crippen LogP contribution < -0.4 is 10.6 Å². The molecule has 160 valence electrons. The standard InChI is InChI=1S/C21H42N2O4/c1-9-27-14-16(2)17(13-22-7)11-10-12-21(6,19(25)26-8)15-23-18(24)20(3,4)5/h13,16,18,22-24H,9-12,14-15H2,1-8H3/b17-13-/t16?,18-,21-/m0/s1. The van der Waals surface area contributed by atoms with E-state index in [0.717, 1.165) is 12.8 Å². The lowest BCUT2D eigenvalue weighted by Gasteiger charge is -2.32. The lowest BCUT2D eigenvalue weighted by Crippen LogP contribution is -2.47. The first-order valence-electron chi connectivity index (χ1n) is 9.95. The monoisotopic (exact) mass is 386 g/mol. The zero-order chi connectivity index (χ0) is 21.1. The van der Waals surface area contributed by atoms with Crippen LogP contribution in [0.2, 0.25) is 0 Å². The van der Waals surface area contributed by atoms with E-state index in [-0.39, 0.29) is 11.4 Å². The maximum atomic E-state index is 12.4. The van der Waals surface area contributed by atoms with Gasteiger partial charge in [-0.3, -0.25) is 10.1 Å². The SMILES string of the molecule is CCOCC(C)/C(=C\NC)CCC[C@@](C)(CN[C@@H](O)C(C)(C)C)C(=O)OC. The van der Waals surface area contributed by atoms with Crippen molar-refractivity contribution >= 4 is 5.97 Å². The van der Waals surface area contributed by atoms with Crippen LogP contribution in [0.25, 0.3) is 0 Å². The van der Waals surface area contributed by atoms with Crippen molar-refractivity contribution < 1.29 is 19.4 Å². The first-order chi connectivity index (χ1) is 12.5. The van der Waals surface area contributed by atoms with Crippen LogP contribution in [0.15, 0.2) is 11.8 Å². The van der Waals surface area contributed by atoms with Gasteiger partial charge in [0.25, 0.3) is 0 Å². The van der Waals surface area contributed by atoms with Crippen molar-refractivity contribution in [3.8, 4) is 0 Å². The molecule has 0 fully saturated rings. The Labute approximate surface area is 166 Å². The summed E-state index contributed by atoms with van der Waals surface area (Å²) in [4.78, 5) is 12.4. The van der Waals surface area contributed by atoms with Crippen LogP contribution in [-0.4, -0.2) is 51.2 Å². The highest BCUT2D eigenvalue weighted by Crippen LogP contribution is 2.29. The minimum absolute atomic E-state index is 0.252. The molecule has 27 heavy (non-hydrogen) atoms. The summed E-state index contributed by atoms with van der Waals surface area (Å²) in [6.45, 7) is 13.7. The number of esters is 1. The number of aliphatic hydroxyl groups excluding tert-OH is 1. The van der Waals surface area contributed by atoms with Gasteiger partial charge in [-0.1, -0.05) is 27.7 Å². The number of carbonyl (C=O) groups is 1. The van der Waals surface area contributed by atoms with Gasteiger partial charge < -0.3 is 19.9 Å². The van der Waals surface area contributed by atoms with E-state index < -0.39 is 11.6 Å². The van der Waals surface area contributed by atoms with E-state index >= 15 is 0 Å². The van der Waals surface area contributed by atoms with Crippen LogP contribution in [0.5, 0.6) is 0 Å². The molecule has 0 saturated carbocycles. The molecule has 0 rings (SSSR count). The number of rotatable bonds is 13. The average molecular weight is 387 g/mol. The molecule has 0 aliphatic heterocycles. The Bertz CT molecular complexity index is 460. The van der Waals surface area contributed by atoms with E-state index in [1.165, 1.54) is 12.7 Å².